The van der Waals surface area contributed by atoms with E-state index < -0.39 is 23.8 Å². The van der Waals surface area contributed by atoms with E-state index in [1.807, 2.05) is 27.7 Å². The largest absolute Gasteiger partial charge is 0.465 e. The molecule has 2 amide bonds. The van der Waals surface area contributed by atoms with Crippen molar-refractivity contribution in [1.29, 1.82) is 0 Å². The van der Waals surface area contributed by atoms with Crippen LogP contribution in [-0.2, 0) is 19.1 Å². The third-order valence-electron chi connectivity index (χ3n) is 4.96. The van der Waals surface area contributed by atoms with E-state index in [9.17, 15) is 19.2 Å². The molecule has 0 radical (unpaired) electrons. The van der Waals surface area contributed by atoms with Gasteiger partial charge in [0.1, 0.15) is 9.88 Å². The molecule has 1 saturated heterocycles. The molecule has 1 fully saturated rings. The van der Waals surface area contributed by atoms with Crippen LogP contribution in [0.5, 0.6) is 0 Å². The maximum absolute atomic E-state index is 12.6. The number of carbonyl (C=O) groups excluding carboxylic acids is 4. The highest BCUT2D eigenvalue weighted by molar-refractivity contribution is 7.18. The molecule has 10 heteroatoms. The quantitative estimate of drug-likeness (QED) is 0.462. The average molecular weight is 454 g/mol. The lowest BCUT2D eigenvalue weighted by Crippen LogP contribution is -2.62. The Labute approximate surface area is 186 Å². The molecule has 3 N–H and O–H groups in total. The topological polar surface area (TPSA) is 123 Å². The molecule has 1 aromatic heterocycles. The van der Waals surface area contributed by atoms with Gasteiger partial charge >= 0.3 is 23.8 Å². The van der Waals surface area contributed by atoms with Crippen molar-refractivity contribution in [2.45, 2.75) is 71.5 Å². The van der Waals surface area contributed by atoms with E-state index in [1.54, 1.807) is 13.8 Å². The third kappa shape index (κ3) is 6.04. The van der Waals surface area contributed by atoms with Crippen LogP contribution < -0.4 is 16.0 Å². The molecule has 0 spiro atoms. The number of amides is 2. The third-order valence-corrected chi connectivity index (χ3v) is 6.14. The van der Waals surface area contributed by atoms with E-state index >= 15 is 0 Å². The number of ether oxygens (including phenoxy) is 2. The van der Waals surface area contributed by atoms with Gasteiger partial charge in [-0.15, -0.1) is 11.3 Å². The summed E-state index contributed by atoms with van der Waals surface area (Å²) in [6.45, 7) is 11.6. The van der Waals surface area contributed by atoms with Gasteiger partial charge in [-0.25, -0.2) is 9.59 Å². The zero-order valence-corrected chi connectivity index (χ0v) is 19.9. The van der Waals surface area contributed by atoms with Gasteiger partial charge in [-0.3, -0.25) is 9.59 Å². The number of methoxy groups -OCH3 is 1. The Balaban J connectivity index is 2.20. The highest BCUT2D eigenvalue weighted by Crippen LogP contribution is 2.34. The molecule has 1 aliphatic rings. The van der Waals surface area contributed by atoms with E-state index in [4.69, 9.17) is 9.47 Å². The average Bonchev–Trinajstić information content (AvgIpc) is 2.94. The summed E-state index contributed by atoms with van der Waals surface area (Å²) in [7, 11) is 1.20. The normalized spacial score (nSPS) is 17.5. The van der Waals surface area contributed by atoms with Crippen LogP contribution in [0.2, 0.25) is 0 Å². The predicted octanol–water partition coefficient (Wildman–Crippen LogP) is 2.38. The number of thiophene rings is 1. The minimum atomic E-state index is -0.920. The van der Waals surface area contributed by atoms with Gasteiger partial charge in [-0.1, -0.05) is 0 Å². The van der Waals surface area contributed by atoms with Crippen molar-refractivity contribution in [2.24, 2.45) is 0 Å². The fourth-order valence-electron chi connectivity index (χ4n) is 4.18. The lowest BCUT2D eigenvalue weighted by molar-refractivity contribution is -0.137. The minimum absolute atomic E-state index is 0.0286. The van der Waals surface area contributed by atoms with Crippen molar-refractivity contribution in [3.8, 4) is 0 Å². The van der Waals surface area contributed by atoms with Crippen LogP contribution in [0.4, 0.5) is 5.00 Å². The van der Waals surface area contributed by atoms with Gasteiger partial charge in [0, 0.05) is 17.1 Å². The summed E-state index contributed by atoms with van der Waals surface area (Å²) >= 11 is 0.872. The number of nitrogens with one attached hydrogen (secondary N) is 3. The molecule has 0 saturated carbocycles. The second kappa shape index (κ2) is 9.35. The Morgan fingerprint density at radius 2 is 1.65 bits per heavy atom. The summed E-state index contributed by atoms with van der Waals surface area (Å²) < 4.78 is 9.78. The molecule has 1 aliphatic heterocycles. The molecule has 9 nitrogen and oxygen atoms in total. The lowest BCUT2D eigenvalue weighted by Gasteiger charge is -2.46. The monoisotopic (exact) mass is 453 g/mol. The Morgan fingerprint density at radius 3 is 2.16 bits per heavy atom. The molecule has 0 aliphatic carbocycles. The second-order valence-corrected chi connectivity index (χ2v) is 9.92. The Hall–Kier alpha value is -2.46. The van der Waals surface area contributed by atoms with Gasteiger partial charge in [0.15, 0.2) is 0 Å². The lowest BCUT2D eigenvalue weighted by atomic mass is 9.79. The van der Waals surface area contributed by atoms with Gasteiger partial charge in [0.25, 0.3) is 0 Å². The fourth-order valence-corrected chi connectivity index (χ4v) is 5.26. The van der Waals surface area contributed by atoms with Crippen molar-refractivity contribution >= 4 is 40.1 Å². The first-order valence-electron chi connectivity index (χ1n) is 10.1. The van der Waals surface area contributed by atoms with Crippen LogP contribution in [0, 0.1) is 6.92 Å². The smallest absolute Gasteiger partial charge is 0.348 e. The first kappa shape index (κ1) is 24.8. The van der Waals surface area contributed by atoms with Crippen LogP contribution in [0.3, 0.4) is 0 Å². The number of piperidine rings is 1. The molecule has 31 heavy (non-hydrogen) atoms. The standard InChI is InChI=1S/C21H31N3O6S/c1-8-30-19(28)14-11(2)13(18(27)29-7)17(31-14)23-16(26)15(25)22-12-9-20(3,4)24-21(5,6)10-12/h12,24H,8-10H2,1-7H3,(H,22,25)(H,23,26). The molecule has 0 aromatic carbocycles. The van der Waals surface area contributed by atoms with Crippen molar-refractivity contribution in [2.75, 3.05) is 19.0 Å². The van der Waals surface area contributed by atoms with Crippen molar-refractivity contribution in [1.82, 2.24) is 10.6 Å². The second-order valence-electron chi connectivity index (χ2n) is 8.90. The maximum atomic E-state index is 12.6. The number of hydrogen-bond donors (Lipinski definition) is 3. The summed E-state index contributed by atoms with van der Waals surface area (Å²) in [6.07, 6.45) is 1.32. The first-order chi connectivity index (χ1) is 14.3. The molecule has 2 rings (SSSR count). The van der Waals surface area contributed by atoms with Gasteiger partial charge < -0.3 is 25.4 Å². The summed E-state index contributed by atoms with van der Waals surface area (Å²) in [4.78, 5) is 49.7. The van der Waals surface area contributed by atoms with Crippen molar-refractivity contribution in [3.63, 3.8) is 0 Å². The number of hydrogen-bond acceptors (Lipinski definition) is 8. The minimum Gasteiger partial charge on any atom is -0.465 e. The molecule has 2 heterocycles. The van der Waals surface area contributed by atoms with Crippen LogP contribution in [0.25, 0.3) is 0 Å². The number of rotatable bonds is 5. The molecule has 1 aromatic rings. The number of carbonyl (C=O) groups is 4. The van der Waals surface area contributed by atoms with Crippen LogP contribution >= 0.6 is 11.3 Å². The predicted molar refractivity (Wildman–Crippen MR) is 117 cm³/mol. The van der Waals surface area contributed by atoms with Crippen molar-refractivity contribution < 1.29 is 28.7 Å². The molecule has 0 atom stereocenters. The highest BCUT2D eigenvalue weighted by Gasteiger charge is 2.39. The SMILES string of the molecule is CCOC(=O)c1sc(NC(=O)C(=O)NC2CC(C)(C)NC(C)(C)C2)c(C(=O)OC)c1C. The van der Waals surface area contributed by atoms with E-state index in [-0.39, 0.29) is 39.2 Å². The number of anilines is 1. The first-order valence-corrected chi connectivity index (χ1v) is 10.9. The number of esters is 2. The van der Waals surface area contributed by atoms with Gasteiger partial charge in [0.2, 0.25) is 0 Å². The van der Waals surface area contributed by atoms with E-state index in [2.05, 4.69) is 16.0 Å². The summed E-state index contributed by atoms with van der Waals surface area (Å²) in [5, 5.41) is 8.82. The fraction of sp³-hybridized carbons (Fsp3) is 0.619. The molecule has 0 unspecified atom stereocenters. The Morgan fingerprint density at radius 1 is 1.06 bits per heavy atom. The van der Waals surface area contributed by atoms with Gasteiger partial charge in [-0.05, 0) is 59.9 Å². The van der Waals surface area contributed by atoms with Crippen LogP contribution in [0.1, 0.15) is 73.1 Å². The van der Waals surface area contributed by atoms with Gasteiger partial charge in [-0.2, -0.15) is 0 Å². The van der Waals surface area contributed by atoms with E-state index in [1.165, 1.54) is 7.11 Å². The molecular formula is C21H31N3O6S. The van der Waals surface area contributed by atoms with Crippen LogP contribution in [0.15, 0.2) is 0 Å². The summed E-state index contributed by atoms with van der Waals surface area (Å²) in [5.41, 5.74) is -0.0462. The van der Waals surface area contributed by atoms with Crippen molar-refractivity contribution in [3.05, 3.63) is 16.0 Å². The molecule has 0 bridgehead atoms. The van der Waals surface area contributed by atoms with Crippen LogP contribution in [-0.4, -0.2) is 54.6 Å². The Kier molecular flexibility index (Phi) is 7.48. The molecule has 172 valence electrons. The van der Waals surface area contributed by atoms with E-state index in [0.29, 0.717) is 18.4 Å². The zero-order chi connectivity index (χ0) is 23.6. The zero-order valence-electron chi connectivity index (χ0n) is 19.1. The molecular weight excluding hydrogens is 422 g/mol. The Bertz CT molecular complexity index is 874. The van der Waals surface area contributed by atoms with Gasteiger partial charge in [0.05, 0.1) is 19.3 Å². The highest BCUT2D eigenvalue weighted by atomic mass is 32.1. The van der Waals surface area contributed by atoms with E-state index in [0.717, 1.165) is 11.3 Å². The summed E-state index contributed by atoms with van der Waals surface area (Å²) in [6, 6.07) is -0.190. The summed E-state index contributed by atoms with van der Waals surface area (Å²) in [5.74, 6) is -3.06. The maximum Gasteiger partial charge on any atom is 0.348 e.